The molecule has 3 heteroatoms. The Kier molecular flexibility index (Phi) is 2.72. The zero-order valence-corrected chi connectivity index (χ0v) is 7.78. The minimum atomic E-state index is 0.764. The first-order valence-corrected chi connectivity index (χ1v) is 3.83. The van der Waals surface area contributed by atoms with Gasteiger partial charge < -0.3 is 9.47 Å². The summed E-state index contributed by atoms with van der Waals surface area (Å²) in [6.07, 6.45) is 0. The minimum Gasteiger partial charge on any atom is -0.493 e. The van der Waals surface area contributed by atoms with Crippen molar-refractivity contribution in [1.29, 1.82) is 0 Å². The van der Waals surface area contributed by atoms with Crippen LogP contribution in [0.15, 0.2) is 18.2 Å². The molecule has 2 nitrogen and oxygen atoms in total. The number of ether oxygens (including phenoxy) is 2. The topological polar surface area (TPSA) is 18.5 Å². The molecule has 0 bridgehead atoms. The van der Waals surface area contributed by atoms with Gasteiger partial charge in [0.15, 0.2) is 11.5 Å². The molecule has 0 radical (unpaired) electrons. The van der Waals surface area contributed by atoms with Crippen LogP contribution in [0.1, 0.15) is 0 Å². The van der Waals surface area contributed by atoms with Gasteiger partial charge in [0, 0.05) is 5.30 Å². The maximum Gasteiger partial charge on any atom is 0.167 e. The molecule has 0 saturated heterocycles. The molecule has 0 N–H and O–H groups in total. The lowest BCUT2D eigenvalue weighted by Crippen LogP contribution is -2.00. The molecular weight excluding hydrogens is 159 g/mol. The van der Waals surface area contributed by atoms with Gasteiger partial charge in [0.2, 0.25) is 0 Å². The van der Waals surface area contributed by atoms with Crippen LogP contribution in [0.4, 0.5) is 0 Å². The predicted molar refractivity (Wildman–Crippen MR) is 48.9 cm³/mol. The molecule has 0 aromatic heterocycles. The highest BCUT2D eigenvalue weighted by Crippen LogP contribution is 2.24. The second kappa shape index (κ2) is 3.59. The van der Waals surface area contributed by atoms with Crippen LogP contribution in [-0.4, -0.2) is 14.2 Å². The van der Waals surface area contributed by atoms with Crippen molar-refractivity contribution in [3.05, 3.63) is 18.2 Å². The van der Waals surface area contributed by atoms with Gasteiger partial charge in [-0.2, -0.15) is 0 Å². The van der Waals surface area contributed by atoms with E-state index in [0.29, 0.717) is 0 Å². The first kappa shape index (κ1) is 8.35. The summed E-state index contributed by atoms with van der Waals surface area (Å²) in [4.78, 5) is 0. The Morgan fingerprint density at radius 2 is 1.91 bits per heavy atom. The van der Waals surface area contributed by atoms with E-state index in [1.165, 1.54) is 0 Å². The molecule has 60 valence electrons. The van der Waals surface area contributed by atoms with E-state index in [4.69, 9.17) is 9.47 Å². The van der Waals surface area contributed by atoms with E-state index >= 15 is 0 Å². The summed E-state index contributed by atoms with van der Waals surface area (Å²) in [5.74, 6) is 1.54. The standard InChI is InChI=1S/C8H11O2P/c1-9-6-4-3-5-7(11)8(6)10-2/h3-5H,11H2,1-2H3. The fraction of sp³-hybridized carbons (Fsp3) is 0.250. The lowest BCUT2D eigenvalue weighted by Gasteiger charge is -2.08. The maximum absolute atomic E-state index is 5.12. The van der Waals surface area contributed by atoms with Gasteiger partial charge >= 0.3 is 0 Å². The van der Waals surface area contributed by atoms with E-state index in [0.717, 1.165) is 16.8 Å². The number of rotatable bonds is 2. The summed E-state index contributed by atoms with van der Waals surface area (Å²) in [7, 11) is 5.85. The third-order valence-electron chi connectivity index (χ3n) is 1.43. The third-order valence-corrected chi connectivity index (χ3v) is 1.89. The minimum absolute atomic E-state index is 0.764. The normalized spacial score (nSPS) is 9.36. The maximum atomic E-state index is 5.12. The van der Waals surface area contributed by atoms with E-state index in [-0.39, 0.29) is 0 Å². The van der Waals surface area contributed by atoms with Crippen molar-refractivity contribution in [2.45, 2.75) is 0 Å². The average Bonchev–Trinajstić information content (AvgIpc) is 2.04. The number of para-hydroxylation sites is 1. The molecule has 0 spiro atoms. The quantitative estimate of drug-likeness (QED) is 0.621. The Morgan fingerprint density at radius 1 is 1.18 bits per heavy atom. The van der Waals surface area contributed by atoms with Crippen LogP contribution in [0.3, 0.4) is 0 Å². The van der Waals surface area contributed by atoms with Gasteiger partial charge in [-0.3, -0.25) is 0 Å². The Balaban J connectivity index is 3.13. The number of hydrogen-bond donors (Lipinski definition) is 0. The highest BCUT2D eigenvalue weighted by molar-refractivity contribution is 7.27. The molecule has 11 heavy (non-hydrogen) atoms. The van der Waals surface area contributed by atoms with Crippen LogP contribution in [0, 0.1) is 0 Å². The van der Waals surface area contributed by atoms with Crippen LogP contribution >= 0.6 is 9.24 Å². The molecule has 1 atom stereocenters. The highest BCUT2D eigenvalue weighted by atomic mass is 31.0. The van der Waals surface area contributed by atoms with Crippen LogP contribution in [-0.2, 0) is 0 Å². The molecule has 0 saturated carbocycles. The smallest absolute Gasteiger partial charge is 0.167 e. The van der Waals surface area contributed by atoms with Gasteiger partial charge in [0.1, 0.15) is 0 Å². The lowest BCUT2D eigenvalue weighted by atomic mass is 10.3. The second-order valence-corrected chi connectivity index (χ2v) is 2.70. The molecule has 1 unspecified atom stereocenters. The predicted octanol–water partition coefficient (Wildman–Crippen LogP) is 1.20. The van der Waals surface area contributed by atoms with Crippen LogP contribution < -0.4 is 14.8 Å². The van der Waals surface area contributed by atoms with Crippen molar-refractivity contribution in [3.8, 4) is 11.5 Å². The molecule has 0 fully saturated rings. The van der Waals surface area contributed by atoms with E-state index in [1.54, 1.807) is 14.2 Å². The van der Waals surface area contributed by atoms with Crippen molar-refractivity contribution in [2.75, 3.05) is 14.2 Å². The Labute approximate surface area is 68.7 Å². The molecule has 1 rings (SSSR count). The third kappa shape index (κ3) is 1.63. The van der Waals surface area contributed by atoms with Crippen molar-refractivity contribution in [1.82, 2.24) is 0 Å². The van der Waals surface area contributed by atoms with Gasteiger partial charge in [0.05, 0.1) is 14.2 Å². The number of methoxy groups -OCH3 is 2. The van der Waals surface area contributed by atoms with E-state index in [9.17, 15) is 0 Å². The number of benzene rings is 1. The average molecular weight is 170 g/mol. The van der Waals surface area contributed by atoms with E-state index < -0.39 is 0 Å². The molecular formula is C8H11O2P. The van der Waals surface area contributed by atoms with E-state index in [1.807, 2.05) is 18.2 Å². The summed E-state index contributed by atoms with van der Waals surface area (Å²) in [6.45, 7) is 0. The highest BCUT2D eigenvalue weighted by Gasteiger charge is 2.03. The zero-order chi connectivity index (χ0) is 8.27. The van der Waals surface area contributed by atoms with Gasteiger partial charge in [-0.05, 0) is 6.07 Å². The first-order valence-electron chi connectivity index (χ1n) is 3.26. The van der Waals surface area contributed by atoms with Crippen molar-refractivity contribution in [2.24, 2.45) is 0 Å². The Morgan fingerprint density at radius 3 is 2.36 bits per heavy atom. The van der Waals surface area contributed by atoms with Crippen LogP contribution in [0.2, 0.25) is 0 Å². The summed E-state index contributed by atoms with van der Waals surface area (Å²) in [5.41, 5.74) is 0. The molecule has 1 aromatic carbocycles. The zero-order valence-electron chi connectivity index (χ0n) is 6.63. The molecule has 0 aliphatic rings. The van der Waals surface area contributed by atoms with Gasteiger partial charge in [0.25, 0.3) is 0 Å². The first-order chi connectivity index (χ1) is 5.29. The number of hydrogen-bond acceptors (Lipinski definition) is 2. The fourth-order valence-corrected chi connectivity index (χ4v) is 1.28. The van der Waals surface area contributed by atoms with Crippen molar-refractivity contribution >= 4 is 14.5 Å². The molecule has 0 aliphatic carbocycles. The summed E-state index contributed by atoms with van der Waals surface area (Å²) in [5, 5.41) is 1.01. The molecule has 0 heterocycles. The Hall–Kier alpha value is -0.750. The molecule has 1 aromatic rings. The Bertz CT molecular complexity index is 248. The lowest BCUT2D eigenvalue weighted by molar-refractivity contribution is 0.357. The van der Waals surface area contributed by atoms with Gasteiger partial charge in [-0.15, -0.1) is 9.24 Å². The van der Waals surface area contributed by atoms with Crippen LogP contribution in [0.5, 0.6) is 11.5 Å². The molecule has 0 amide bonds. The summed E-state index contributed by atoms with van der Waals surface area (Å²) < 4.78 is 10.2. The monoisotopic (exact) mass is 170 g/mol. The van der Waals surface area contributed by atoms with Crippen LogP contribution in [0.25, 0.3) is 0 Å². The summed E-state index contributed by atoms with van der Waals surface area (Å²) >= 11 is 0. The fourth-order valence-electron chi connectivity index (χ4n) is 0.912. The largest absolute Gasteiger partial charge is 0.493 e. The SMILES string of the molecule is COc1cccc(P)c1OC. The van der Waals surface area contributed by atoms with Crippen molar-refractivity contribution in [3.63, 3.8) is 0 Å². The van der Waals surface area contributed by atoms with Gasteiger partial charge in [-0.25, -0.2) is 0 Å². The van der Waals surface area contributed by atoms with Gasteiger partial charge in [-0.1, -0.05) is 12.1 Å². The molecule has 0 aliphatic heterocycles. The second-order valence-electron chi connectivity index (χ2n) is 2.08. The van der Waals surface area contributed by atoms with E-state index in [2.05, 4.69) is 9.24 Å². The summed E-state index contributed by atoms with van der Waals surface area (Å²) in [6, 6.07) is 5.74. The van der Waals surface area contributed by atoms with Crippen molar-refractivity contribution < 1.29 is 9.47 Å².